The molecule has 1 aromatic carbocycles. The molecule has 1 aromatic rings. The van der Waals surface area contributed by atoms with Crippen LogP contribution in [0, 0.1) is 11.7 Å². The number of rotatable bonds is 4. The van der Waals surface area contributed by atoms with Crippen LogP contribution in [-0.2, 0) is 6.42 Å². The Morgan fingerprint density at radius 2 is 2.06 bits per heavy atom. The van der Waals surface area contributed by atoms with Crippen molar-refractivity contribution < 1.29 is 8.78 Å². The number of halogens is 3. The van der Waals surface area contributed by atoms with Gasteiger partial charge in [-0.1, -0.05) is 37.6 Å². The van der Waals surface area contributed by atoms with Gasteiger partial charge in [-0.05, 0) is 17.5 Å². The zero-order valence-corrected chi connectivity index (χ0v) is 10.2. The highest BCUT2D eigenvalue weighted by Gasteiger charge is 2.33. The maximum Gasteiger partial charge on any atom is 0.145 e. The van der Waals surface area contributed by atoms with Gasteiger partial charge in [0.1, 0.15) is 11.5 Å². The Balaban J connectivity index is 2.99. The molecule has 2 N–H and O–H groups in total. The molecule has 0 saturated heterocycles. The maximum atomic E-state index is 14.3. The molecule has 0 amide bonds. The quantitative estimate of drug-likeness (QED) is 0.868. The normalized spacial score (nSPS) is 15.2. The first-order valence-corrected chi connectivity index (χ1v) is 5.60. The summed E-state index contributed by atoms with van der Waals surface area (Å²) in [4.78, 5) is 0. The van der Waals surface area contributed by atoms with E-state index >= 15 is 0 Å². The average Bonchev–Trinajstić information content (AvgIpc) is 2.24. The molecule has 0 aromatic heterocycles. The molecule has 0 bridgehead atoms. The summed E-state index contributed by atoms with van der Waals surface area (Å²) in [6, 6.07) is 4.59. The Bertz CT molecular complexity index is 368. The monoisotopic (exact) mass is 247 g/mol. The Morgan fingerprint density at radius 1 is 1.44 bits per heavy atom. The molecule has 1 rings (SSSR count). The number of hydrogen-bond acceptors (Lipinski definition) is 1. The van der Waals surface area contributed by atoms with Crippen LogP contribution in [0.3, 0.4) is 0 Å². The van der Waals surface area contributed by atoms with E-state index < -0.39 is 11.5 Å². The Kier molecular flexibility index (Phi) is 4.28. The highest BCUT2D eigenvalue weighted by Crippen LogP contribution is 2.28. The highest BCUT2D eigenvalue weighted by atomic mass is 35.5. The van der Waals surface area contributed by atoms with E-state index in [9.17, 15) is 8.78 Å². The summed E-state index contributed by atoms with van der Waals surface area (Å²) in [5, 5.41) is 0.0145. The molecule has 0 aliphatic heterocycles. The first kappa shape index (κ1) is 13.4. The second-order valence-electron chi connectivity index (χ2n) is 4.28. The van der Waals surface area contributed by atoms with E-state index in [1.807, 2.05) is 0 Å². The molecule has 1 atom stereocenters. The van der Waals surface area contributed by atoms with Gasteiger partial charge in [-0.25, -0.2) is 8.78 Å². The van der Waals surface area contributed by atoms with Crippen LogP contribution in [-0.4, -0.2) is 12.2 Å². The average molecular weight is 248 g/mol. The van der Waals surface area contributed by atoms with Gasteiger partial charge in [0.25, 0.3) is 0 Å². The first-order valence-electron chi connectivity index (χ1n) is 5.22. The molecular weight excluding hydrogens is 232 g/mol. The van der Waals surface area contributed by atoms with Gasteiger partial charge in [0, 0.05) is 13.0 Å². The number of nitrogens with two attached hydrogens (primary N) is 1. The maximum absolute atomic E-state index is 14.3. The second-order valence-corrected chi connectivity index (χ2v) is 4.69. The summed E-state index contributed by atoms with van der Waals surface area (Å²) >= 11 is 5.64. The van der Waals surface area contributed by atoms with E-state index in [1.165, 1.54) is 12.1 Å². The Hall–Kier alpha value is -0.670. The largest absolute Gasteiger partial charge is 0.328 e. The van der Waals surface area contributed by atoms with Crippen LogP contribution in [0.4, 0.5) is 8.78 Å². The number of benzene rings is 1. The molecule has 0 fully saturated rings. The van der Waals surface area contributed by atoms with Gasteiger partial charge >= 0.3 is 0 Å². The van der Waals surface area contributed by atoms with Gasteiger partial charge in [-0.15, -0.1) is 0 Å². The molecule has 0 heterocycles. The summed E-state index contributed by atoms with van der Waals surface area (Å²) in [6.45, 7) is 3.33. The van der Waals surface area contributed by atoms with Crippen molar-refractivity contribution in [3.63, 3.8) is 0 Å². The lowest BCUT2D eigenvalue weighted by atomic mass is 9.86. The summed E-state index contributed by atoms with van der Waals surface area (Å²) in [5.74, 6) is -0.823. The lowest BCUT2D eigenvalue weighted by molar-refractivity contribution is 0.109. The summed E-state index contributed by atoms with van der Waals surface area (Å²) in [5.41, 5.74) is 4.09. The van der Waals surface area contributed by atoms with E-state index in [-0.39, 0.29) is 29.5 Å². The minimum atomic E-state index is -1.59. The van der Waals surface area contributed by atoms with Crippen LogP contribution in [0.15, 0.2) is 18.2 Å². The highest BCUT2D eigenvalue weighted by molar-refractivity contribution is 6.30. The predicted octanol–water partition coefficient (Wildman–Crippen LogP) is 3.34. The van der Waals surface area contributed by atoms with E-state index in [2.05, 4.69) is 0 Å². The van der Waals surface area contributed by atoms with Crippen molar-refractivity contribution in [1.82, 2.24) is 0 Å². The van der Waals surface area contributed by atoms with Gasteiger partial charge in [0.05, 0.1) is 5.02 Å². The standard InChI is InChI=1S/C12H16ClF2N/c1-8(2)12(15,7-16)6-9-4-3-5-10(13)11(9)14/h3-5,8H,6-7,16H2,1-2H3. The smallest absolute Gasteiger partial charge is 0.145 e. The molecule has 1 nitrogen and oxygen atoms in total. The van der Waals surface area contributed by atoms with Crippen molar-refractivity contribution in [3.8, 4) is 0 Å². The van der Waals surface area contributed by atoms with E-state index in [4.69, 9.17) is 17.3 Å². The van der Waals surface area contributed by atoms with Gasteiger partial charge in [-0.3, -0.25) is 0 Å². The minimum absolute atomic E-state index is 0.0145. The van der Waals surface area contributed by atoms with Crippen molar-refractivity contribution in [2.45, 2.75) is 25.9 Å². The van der Waals surface area contributed by atoms with Crippen LogP contribution in [0.2, 0.25) is 5.02 Å². The second kappa shape index (κ2) is 5.11. The lowest BCUT2D eigenvalue weighted by Crippen LogP contribution is -2.40. The van der Waals surface area contributed by atoms with Crippen LogP contribution in [0.5, 0.6) is 0 Å². The molecule has 0 radical (unpaired) electrons. The third kappa shape index (κ3) is 2.71. The van der Waals surface area contributed by atoms with Gasteiger partial charge in [0.2, 0.25) is 0 Å². The Morgan fingerprint density at radius 3 is 2.56 bits per heavy atom. The minimum Gasteiger partial charge on any atom is -0.328 e. The van der Waals surface area contributed by atoms with Crippen LogP contribution in [0.1, 0.15) is 19.4 Å². The molecule has 0 aliphatic rings. The van der Waals surface area contributed by atoms with Crippen molar-refractivity contribution >= 4 is 11.6 Å². The fourth-order valence-electron chi connectivity index (χ4n) is 1.51. The summed E-state index contributed by atoms with van der Waals surface area (Å²) in [6.07, 6.45) is -0.0481. The Labute approximate surface area is 99.6 Å². The van der Waals surface area contributed by atoms with Crippen molar-refractivity contribution in [1.29, 1.82) is 0 Å². The van der Waals surface area contributed by atoms with Crippen LogP contribution >= 0.6 is 11.6 Å². The lowest BCUT2D eigenvalue weighted by Gasteiger charge is -2.28. The molecule has 90 valence electrons. The van der Waals surface area contributed by atoms with E-state index in [1.54, 1.807) is 19.9 Å². The first-order chi connectivity index (χ1) is 7.40. The molecule has 0 spiro atoms. The SMILES string of the molecule is CC(C)C(F)(CN)Cc1cccc(Cl)c1F. The van der Waals surface area contributed by atoms with Crippen molar-refractivity contribution in [2.75, 3.05) is 6.54 Å². The van der Waals surface area contributed by atoms with Gasteiger partial charge in [-0.2, -0.15) is 0 Å². The third-order valence-corrected chi connectivity index (χ3v) is 3.18. The molecule has 1 unspecified atom stereocenters. The zero-order chi connectivity index (χ0) is 12.3. The number of hydrogen-bond donors (Lipinski definition) is 1. The fourth-order valence-corrected chi connectivity index (χ4v) is 1.71. The molecule has 4 heteroatoms. The third-order valence-electron chi connectivity index (χ3n) is 2.89. The van der Waals surface area contributed by atoms with Crippen LogP contribution < -0.4 is 5.73 Å². The number of alkyl halides is 1. The van der Waals surface area contributed by atoms with E-state index in [0.29, 0.717) is 0 Å². The zero-order valence-electron chi connectivity index (χ0n) is 9.43. The molecule has 0 saturated carbocycles. The predicted molar refractivity (Wildman–Crippen MR) is 62.8 cm³/mol. The van der Waals surface area contributed by atoms with Crippen LogP contribution in [0.25, 0.3) is 0 Å². The van der Waals surface area contributed by atoms with Crippen molar-refractivity contribution in [2.24, 2.45) is 11.7 Å². The summed E-state index contributed by atoms with van der Waals surface area (Å²) in [7, 11) is 0. The van der Waals surface area contributed by atoms with Gasteiger partial charge < -0.3 is 5.73 Å². The topological polar surface area (TPSA) is 26.0 Å². The fraction of sp³-hybridized carbons (Fsp3) is 0.500. The molecular formula is C12H16ClF2N. The summed E-state index contributed by atoms with van der Waals surface area (Å²) < 4.78 is 27.9. The molecule has 0 aliphatic carbocycles. The van der Waals surface area contributed by atoms with Gasteiger partial charge in [0.15, 0.2) is 0 Å². The van der Waals surface area contributed by atoms with Crippen molar-refractivity contribution in [3.05, 3.63) is 34.6 Å². The molecule has 16 heavy (non-hydrogen) atoms. The van der Waals surface area contributed by atoms with E-state index in [0.717, 1.165) is 0 Å².